The Kier molecular flexibility index (Phi) is 4.71. The van der Waals surface area contributed by atoms with Gasteiger partial charge in [-0.3, -0.25) is 9.59 Å². The second kappa shape index (κ2) is 7.31. The molecule has 2 aromatic carbocycles. The van der Waals surface area contributed by atoms with Crippen molar-refractivity contribution in [1.82, 2.24) is 4.90 Å². The minimum atomic E-state index is -0.863. The predicted molar refractivity (Wildman–Crippen MR) is 98.0 cm³/mol. The third-order valence-electron chi connectivity index (χ3n) is 5.18. The van der Waals surface area contributed by atoms with Crippen molar-refractivity contribution in [2.75, 3.05) is 26.3 Å². The first-order chi connectivity index (χ1) is 13.1. The van der Waals surface area contributed by atoms with E-state index >= 15 is 0 Å². The predicted octanol–water partition coefficient (Wildman–Crippen LogP) is 2.33. The Morgan fingerprint density at radius 2 is 1.74 bits per heavy atom. The van der Waals surface area contributed by atoms with E-state index in [2.05, 4.69) is 0 Å². The van der Waals surface area contributed by atoms with E-state index in [-0.39, 0.29) is 24.8 Å². The van der Waals surface area contributed by atoms with Crippen molar-refractivity contribution < 1.29 is 24.2 Å². The van der Waals surface area contributed by atoms with Crippen LogP contribution in [-0.4, -0.2) is 48.2 Å². The van der Waals surface area contributed by atoms with Crippen LogP contribution in [0.15, 0.2) is 48.5 Å². The van der Waals surface area contributed by atoms with Crippen molar-refractivity contribution >= 4 is 11.9 Å². The molecular weight excluding hydrogens is 346 g/mol. The zero-order valence-corrected chi connectivity index (χ0v) is 14.8. The maximum atomic E-state index is 12.8. The lowest BCUT2D eigenvalue weighted by molar-refractivity contribution is -0.141. The fourth-order valence-corrected chi connectivity index (χ4v) is 3.78. The number of benzene rings is 2. The van der Waals surface area contributed by atoms with Crippen LogP contribution < -0.4 is 9.47 Å². The molecule has 140 valence electrons. The maximum absolute atomic E-state index is 12.8. The number of carbonyl (C=O) groups excluding carboxylic acids is 1. The van der Waals surface area contributed by atoms with E-state index in [9.17, 15) is 14.7 Å². The molecule has 1 fully saturated rings. The van der Waals surface area contributed by atoms with Crippen LogP contribution in [0.4, 0.5) is 0 Å². The Labute approximate surface area is 157 Å². The van der Waals surface area contributed by atoms with Gasteiger partial charge in [-0.1, -0.05) is 36.4 Å². The Bertz CT molecular complexity index is 851. The average molecular weight is 367 g/mol. The van der Waals surface area contributed by atoms with Gasteiger partial charge in [0.15, 0.2) is 11.5 Å². The van der Waals surface area contributed by atoms with Gasteiger partial charge in [-0.25, -0.2) is 0 Å². The number of hydrogen-bond acceptors (Lipinski definition) is 4. The summed E-state index contributed by atoms with van der Waals surface area (Å²) < 4.78 is 11.1. The van der Waals surface area contributed by atoms with Crippen LogP contribution in [0.5, 0.6) is 11.5 Å². The van der Waals surface area contributed by atoms with Crippen molar-refractivity contribution in [2.24, 2.45) is 5.92 Å². The first-order valence-corrected chi connectivity index (χ1v) is 9.06. The topological polar surface area (TPSA) is 76.1 Å². The van der Waals surface area contributed by atoms with Crippen LogP contribution in [0.2, 0.25) is 0 Å². The second-order valence-electron chi connectivity index (χ2n) is 6.92. The molecule has 4 rings (SSSR count). The first kappa shape index (κ1) is 17.4. The standard InChI is InChI=1S/C21H21NO5/c23-20(11-14-6-7-18-19(10-14)27-9-8-26-18)22-12-16(17(13-22)21(24)25)15-4-2-1-3-5-15/h1-7,10,16-17H,8-9,11-13H2,(H,24,25). The second-order valence-corrected chi connectivity index (χ2v) is 6.92. The van der Waals surface area contributed by atoms with E-state index in [4.69, 9.17) is 9.47 Å². The van der Waals surface area contributed by atoms with Gasteiger partial charge in [0.25, 0.3) is 0 Å². The summed E-state index contributed by atoms with van der Waals surface area (Å²) in [4.78, 5) is 26.2. The number of amides is 1. The summed E-state index contributed by atoms with van der Waals surface area (Å²) in [6.45, 7) is 1.68. The molecule has 0 aromatic heterocycles. The molecule has 1 N–H and O–H groups in total. The van der Waals surface area contributed by atoms with Crippen molar-refractivity contribution in [3.05, 3.63) is 59.7 Å². The van der Waals surface area contributed by atoms with Crippen LogP contribution in [0, 0.1) is 5.92 Å². The Morgan fingerprint density at radius 1 is 1.00 bits per heavy atom. The van der Waals surface area contributed by atoms with E-state index in [0.717, 1.165) is 11.1 Å². The molecule has 2 atom stereocenters. The number of likely N-dealkylation sites (tertiary alicyclic amines) is 1. The molecule has 2 unspecified atom stereocenters. The Balaban J connectivity index is 1.48. The Morgan fingerprint density at radius 3 is 2.48 bits per heavy atom. The fourth-order valence-electron chi connectivity index (χ4n) is 3.78. The molecule has 2 aliphatic heterocycles. The van der Waals surface area contributed by atoms with Gasteiger partial charge in [0.1, 0.15) is 13.2 Å². The van der Waals surface area contributed by atoms with E-state index in [0.29, 0.717) is 31.3 Å². The molecule has 6 nitrogen and oxygen atoms in total. The van der Waals surface area contributed by atoms with E-state index in [1.165, 1.54) is 0 Å². The summed E-state index contributed by atoms with van der Waals surface area (Å²) >= 11 is 0. The largest absolute Gasteiger partial charge is 0.486 e. The minimum Gasteiger partial charge on any atom is -0.486 e. The number of hydrogen-bond donors (Lipinski definition) is 1. The molecule has 2 heterocycles. The third kappa shape index (κ3) is 3.60. The molecule has 27 heavy (non-hydrogen) atoms. The number of aliphatic carboxylic acids is 1. The summed E-state index contributed by atoms with van der Waals surface area (Å²) in [5, 5.41) is 9.60. The Hall–Kier alpha value is -3.02. The molecule has 0 saturated carbocycles. The minimum absolute atomic E-state index is 0.0728. The van der Waals surface area contributed by atoms with E-state index < -0.39 is 11.9 Å². The number of carboxylic acids is 1. The SMILES string of the molecule is O=C(O)C1CN(C(=O)Cc2ccc3c(c2)OCCO3)CC1c1ccccc1. The average Bonchev–Trinajstić information content (AvgIpc) is 3.15. The lowest BCUT2D eigenvalue weighted by Gasteiger charge is -2.20. The van der Waals surface area contributed by atoms with Gasteiger partial charge in [-0.05, 0) is 23.3 Å². The maximum Gasteiger partial charge on any atom is 0.308 e. The van der Waals surface area contributed by atoms with Gasteiger partial charge < -0.3 is 19.5 Å². The van der Waals surface area contributed by atoms with Gasteiger partial charge in [0.2, 0.25) is 5.91 Å². The van der Waals surface area contributed by atoms with Crippen LogP contribution in [0.25, 0.3) is 0 Å². The third-order valence-corrected chi connectivity index (χ3v) is 5.18. The smallest absolute Gasteiger partial charge is 0.308 e. The summed E-state index contributed by atoms with van der Waals surface area (Å²) in [6.07, 6.45) is 0.213. The first-order valence-electron chi connectivity index (χ1n) is 9.06. The number of nitrogens with zero attached hydrogens (tertiary/aromatic N) is 1. The highest BCUT2D eigenvalue weighted by Gasteiger charge is 2.40. The van der Waals surface area contributed by atoms with Crippen LogP contribution in [0.3, 0.4) is 0 Å². The quantitative estimate of drug-likeness (QED) is 0.898. The molecule has 0 spiro atoms. The number of ether oxygens (including phenoxy) is 2. The molecule has 2 aliphatic rings. The lowest BCUT2D eigenvalue weighted by atomic mass is 9.89. The van der Waals surface area contributed by atoms with Crippen molar-refractivity contribution in [3.63, 3.8) is 0 Å². The molecular formula is C21H21NO5. The highest BCUT2D eigenvalue weighted by Crippen LogP contribution is 2.34. The van der Waals surface area contributed by atoms with Crippen molar-refractivity contribution in [3.8, 4) is 11.5 Å². The molecule has 1 amide bonds. The van der Waals surface area contributed by atoms with Crippen molar-refractivity contribution in [1.29, 1.82) is 0 Å². The van der Waals surface area contributed by atoms with Crippen molar-refractivity contribution in [2.45, 2.75) is 12.3 Å². The summed E-state index contributed by atoms with van der Waals surface area (Å²) in [7, 11) is 0. The van der Waals surface area contributed by atoms with Crippen LogP contribution >= 0.6 is 0 Å². The van der Waals surface area contributed by atoms with Gasteiger partial charge in [-0.2, -0.15) is 0 Å². The number of rotatable bonds is 4. The number of carbonyl (C=O) groups is 2. The van der Waals surface area contributed by atoms with E-state index in [1.807, 2.05) is 48.5 Å². The van der Waals surface area contributed by atoms with Gasteiger partial charge in [0, 0.05) is 19.0 Å². The fraction of sp³-hybridized carbons (Fsp3) is 0.333. The summed E-state index contributed by atoms with van der Waals surface area (Å²) in [5.41, 5.74) is 1.79. The zero-order chi connectivity index (χ0) is 18.8. The molecule has 0 bridgehead atoms. The molecule has 1 saturated heterocycles. The van der Waals surface area contributed by atoms with Gasteiger partial charge in [0.05, 0.1) is 12.3 Å². The van der Waals surface area contributed by atoms with Gasteiger partial charge >= 0.3 is 5.97 Å². The van der Waals surface area contributed by atoms with Crippen LogP contribution in [-0.2, 0) is 16.0 Å². The van der Waals surface area contributed by atoms with Crippen LogP contribution in [0.1, 0.15) is 17.0 Å². The molecule has 0 aliphatic carbocycles. The highest BCUT2D eigenvalue weighted by atomic mass is 16.6. The number of carboxylic acid groups (broad SMARTS) is 1. The molecule has 6 heteroatoms. The lowest BCUT2D eigenvalue weighted by Crippen LogP contribution is -2.31. The summed E-state index contributed by atoms with van der Waals surface area (Å²) in [5.74, 6) is -0.369. The zero-order valence-electron chi connectivity index (χ0n) is 14.8. The normalized spacial score (nSPS) is 21.1. The highest BCUT2D eigenvalue weighted by molar-refractivity contribution is 5.81. The monoisotopic (exact) mass is 367 g/mol. The van der Waals surface area contributed by atoms with E-state index in [1.54, 1.807) is 4.90 Å². The molecule has 2 aromatic rings. The number of fused-ring (bicyclic) bond motifs is 1. The molecule has 0 radical (unpaired) electrons. The summed E-state index contributed by atoms with van der Waals surface area (Å²) in [6, 6.07) is 15.0. The van der Waals surface area contributed by atoms with Gasteiger partial charge in [-0.15, -0.1) is 0 Å².